The lowest BCUT2D eigenvalue weighted by Crippen LogP contribution is -2.32. The number of fused-ring (bicyclic) bond motifs is 2. The van der Waals surface area contributed by atoms with Crippen molar-refractivity contribution < 1.29 is 4.39 Å². The highest BCUT2D eigenvalue weighted by atomic mass is 19.1. The van der Waals surface area contributed by atoms with E-state index in [2.05, 4.69) is 41.7 Å². The Kier molecular flexibility index (Phi) is 4.80. The maximum atomic E-state index is 13.4. The third-order valence-corrected chi connectivity index (χ3v) is 6.61. The number of aromatic nitrogens is 5. The van der Waals surface area contributed by atoms with Gasteiger partial charge in [0, 0.05) is 18.4 Å². The van der Waals surface area contributed by atoms with E-state index in [1.807, 2.05) is 18.3 Å². The van der Waals surface area contributed by atoms with E-state index in [4.69, 9.17) is 0 Å². The van der Waals surface area contributed by atoms with Crippen LogP contribution < -0.4 is 5.69 Å². The molecule has 0 saturated carbocycles. The molecule has 7 nitrogen and oxygen atoms in total. The van der Waals surface area contributed by atoms with E-state index >= 15 is 0 Å². The van der Waals surface area contributed by atoms with E-state index in [0.717, 1.165) is 60.2 Å². The first-order valence-electron chi connectivity index (χ1n) is 11.1. The Balaban J connectivity index is 1.22. The number of imidazole rings is 1. The third-order valence-electron chi connectivity index (χ3n) is 6.61. The van der Waals surface area contributed by atoms with Crippen molar-refractivity contribution in [1.29, 1.82) is 0 Å². The number of hydrogen-bond donors (Lipinski definition) is 2. The van der Waals surface area contributed by atoms with Gasteiger partial charge in [0.05, 0.1) is 28.3 Å². The first kappa shape index (κ1) is 19.9. The maximum absolute atomic E-state index is 13.4. The van der Waals surface area contributed by atoms with Gasteiger partial charge < -0.3 is 14.5 Å². The smallest absolute Gasteiger partial charge is 0.313 e. The van der Waals surface area contributed by atoms with Crippen molar-refractivity contribution in [2.24, 2.45) is 0 Å². The van der Waals surface area contributed by atoms with E-state index in [1.54, 1.807) is 18.5 Å². The van der Waals surface area contributed by atoms with Crippen molar-refractivity contribution >= 4 is 22.1 Å². The van der Waals surface area contributed by atoms with Crippen LogP contribution >= 0.6 is 0 Å². The summed E-state index contributed by atoms with van der Waals surface area (Å²) in [7, 11) is 0. The number of hydrogen-bond acceptors (Lipinski definition) is 4. The fraction of sp³-hybridized carbons (Fsp3) is 0.240. The van der Waals surface area contributed by atoms with E-state index in [1.165, 1.54) is 23.3 Å². The van der Waals surface area contributed by atoms with Crippen molar-refractivity contribution in [1.82, 2.24) is 29.4 Å². The van der Waals surface area contributed by atoms with E-state index < -0.39 is 0 Å². The Labute approximate surface area is 188 Å². The molecule has 8 heteroatoms. The summed E-state index contributed by atoms with van der Waals surface area (Å²) in [4.78, 5) is 28.4. The van der Waals surface area contributed by atoms with Crippen molar-refractivity contribution in [2.45, 2.75) is 25.3 Å². The largest absolute Gasteiger partial charge is 0.323 e. The lowest BCUT2D eigenvalue weighted by atomic mass is 9.90. The van der Waals surface area contributed by atoms with Crippen LogP contribution in [-0.2, 0) is 6.54 Å². The second-order valence-electron chi connectivity index (χ2n) is 8.70. The molecule has 166 valence electrons. The Hall–Kier alpha value is -3.78. The minimum absolute atomic E-state index is 0.174. The molecule has 0 atom stereocenters. The summed E-state index contributed by atoms with van der Waals surface area (Å²) in [5, 5.41) is 0. The Morgan fingerprint density at radius 3 is 2.64 bits per heavy atom. The number of halogens is 1. The minimum atomic E-state index is -0.249. The highest BCUT2D eigenvalue weighted by Gasteiger charge is 2.25. The van der Waals surface area contributed by atoms with Gasteiger partial charge in [-0.05, 0) is 79.4 Å². The molecule has 5 aromatic rings. The average molecular weight is 442 g/mol. The van der Waals surface area contributed by atoms with Crippen LogP contribution in [0.3, 0.4) is 0 Å². The molecule has 0 spiro atoms. The Morgan fingerprint density at radius 2 is 1.82 bits per heavy atom. The van der Waals surface area contributed by atoms with Gasteiger partial charge in [-0.25, -0.2) is 19.2 Å². The molecule has 1 saturated heterocycles. The van der Waals surface area contributed by atoms with Crippen molar-refractivity contribution in [3.05, 3.63) is 88.6 Å². The van der Waals surface area contributed by atoms with Crippen LogP contribution in [0.5, 0.6) is 0 Å². The zero-order chi connectivity index (χ0) is 22.4. The van der Waals surface area contributed by atoms with Gasteiger partial charge in [0.25, 0.3) is 0 Å². The molecule has 33 heavy (non-hydrogen) atoms. The summed E-state index contributed by atoms with van der Waals surface area (Å²) < 4.78 is 15.5. The van der Waals surface area contributed by atoms with Gasteiger partial charge in [-0.2, -0.15) is 0 Å². The monoisotopic (exact) mass is 442 g/mol. The number of aromatic amines is 2. The standard InChI is InChI=1S/C25H23FN6O/c26-18-2-4-19(5-3-18)32-14-20(24-23(32)12-27-15-28-24)17-7-9-31(10-8-17)13-16-1-6-21-22(11-16)30-25(33)29-21/h1-6,11-12,14-15,17H,7-10,13H2,(H2,29,30,33). The van der Waals surface area contributed by atoms with Gasteiger partial charge in [0.2, 0.25) is 0 Å². The van der Waals surface area contributed by atoms with Crippen molar-refractivity contribution in [3.63, 3.8) is 0 Å². The van der Waals surface area contributed by atoms with Crippen LogP contribution in [0.15, 0.2) is 66.0 Å². The van der Waals surface area contributed by atoms with Crippen LogP contribution in [0.1, 0.15) is 29.9 Å². The molecule has 0 amide bonds. The minimum Gasteiger partial charge on any atom is -0.313 e. The molecule has 0 bridgehead atoms. The SMILES string of the molecule is O=c1[nH]c2ccc(CN3CCC(c4cn(-c5ccc(F)cc5)c5cncnc45)CC3)cc2[nH]1. The van der Waals surface area contributed by atoms with Gasteiger partial charge in [0.1, 0.15) is 12.1 Å². The van der Waals surface area contributed by atoms with Gasteiger partial charge in [0.15, 0.2) is 0 Å². The molecule has 4 heterocycles. The van der Waals surface area contributed by atoms with Gasteiger partial charge >= 0.3 is 5.69 Å². The van der Waals surface area contributed by atoms with Crippen LogP contribution in [0, 0.1) is 5.82 Å². The zero-order valence-corrected chi connectivity index (χ0v) is 18.0. The predicted molar refractivity (Wildman–Crippen MR) is 125 cm³/mol. The lowest BCUT2D eigenvalue weighted by molar-refractivity contribution is 0.205. The molecule has 1 fully saturated rings. The van der Waals surface area contributed by atoms with E-state index in [-0.39, 0.29) is 11.5 Å². The number of benzene rings is 2. The summed E-state index contributed by atoms with van der Waals surface area (Å²) in [6.45, 7) is 2.83. The third kappa shape index (κ3) is 3.72. The number of rotatable bonds is 4. The molecule has 6 rings (SSSR count). The number of nitrogens with zero attached hydrogens (tertiary/aromatic N) is 4. The normalized spacial score (nSPS) is 15.5. The number of nitrogens with one attached hydrogen (secondary N) is 2. The fourth-order valence-corrected chi connectivity index (χ4v) is 4.94. The first-order valence-corrected chi connectivity index (χ1v) is 11.1. The van der Waals surface area contributed by atoms with Crippen LogP contribution in [0.25, 0.3) is 27.8 Å². The van der Waals surface area contributed by atoms with Crippen molar-refractivity contribution in [2.75, 3.05) is 13.1 Å². The summed E-state index contributed by atoms with van der Waals surface area (Å²) in [6, 6.07) is 12.6. The molecule has 0 radical (unpaired) electrons. The average Bonchev–Trinajstić information content (AvgIpc) is 3.40. The summed E-state index contributed by atoms with van der Waals surface area (Å²) >= 11 is 0. The molecule has 1 aliphatic rings. The molecule has 0 unspecified atom stereocenters. The maximum Gasteiger partial charge on any atom is 0.323 e. The molecular formula is C25H23FN6O. The van der Waals surface area contributed by atoms with Crippen LogP contribution in [0.4, 0.5) is 4.39 Å². The predicted octanol–water partition coefficient (Wildman–Crippen LogP) is 4.11. The van der Waals surface area contributed by atoms with E-state index in [0.29, 0.717) is 5.92 Å². The van der Waals surface area contributed by atoms with Crippen LogP contribution in [0.2, 0.25) is 0 Å². The van der Waals surface area contributed by atoms with Crippen LogP contribution in [-0.4, -0.2) is 42.5 Å². The molecule has 3 aromatic heterocycles. The molecular weight excluding hydrogens is 419 g/mol. The van der Waals surface area contributed by atoms with Gasteiger partial charge in [-0.3, -0.25) is 4.90 Å². The fourth-order valence-electron chi connectivity index (χ4n) is 4.94. The first-order chi connectivity index (χ1) is 16.1. The molecule has 2 N–H and O–H groups in total. The number of H-pyrrole nitrogens is 2. The molecule has 0 aliphatic carbocycles. The summed E-state index contributed by atoms with van der Waals surface area (Å²) in [6.07, 6.45) is 7.64. The summed E-state index contributed by atoms with van der Waals surface area (Å²) in [5.74, 6) is 0.157. The molecule has 2 aromatic carbocycles. The molecule has 1 aliphatic heterocycles. The number of piperidine rings is 1. The van der Waals surface area contributed by atoms with Gasteiger partial charge in [-0.1, -0.05) is 6.07 Å². The van der Waals surface area contributed by atoms with Crippen molar-refractivity contribution in [3.8, 4) is 5.69 Å². The topological polar surface area (TPSA) is 82.6 Å². The summed E-state index contributed by atoms with van der Waals surface area (Å²) in [5.41, 5.74) is 6.73. The number of likely N-dealkylation sites (tertiary alicyclic amines) is 1. The second kappa shape index (κ2) is 7.97. The Morgan fingerprint density at radius 1 is 1.03 bits per heavy atom. The zero-order valence-electron chi connectivity index (χ0n) is 18.0. The highest BCUT2D eigenvalue weighted by molar-refractivity contribution is 5.81. The Bertz CT molecular complexity index is 1490. The lowest BCUT2D eigenvalue weighted by Gasteiger charge is -2.31. The van der Waals surface area contributed by atoms with E-state index in [9.17, 15) is 9.18 Å². The second-order valence-corrected chi connectivity index (χ2v) is 8.70. The van der Waals surface area contributed by atoms with Gasteiger partial charge in [-0.15, -0.1) is 0 Å². The quantitative estimate of drug-likeness (QED) is 0.439. The highest BCUT2D eigenvalue weighted by Crippen LogP contribution is 2.35.